The third-order valence-electron chi connectivity index (χ3n) is 4.39. The number of aryl methyl sites for hydroxylation is 2. The summed E-state index contributed by atoms with van der Waals surface area (Å²) in [7, 11) is 0. The number of nitrogens with one attached hydrogen (secondary N) is 1. The van der Waals surface area contributed by atoms with E-state index in [9.17, 15) is 4.79 Å². The molecule has 0 bridgehead atoms. The molecule has 0 heterocycles. The Balaban J connectivity index is 1.97. The molecule has 2 rings (SSSR count). The molecule has 3 heteroatoms. The summed E-state index contributed by atoms with van der Waals surface area (Å²) in [5, 5.41) is 3.12. The first-order chi connectivity index (χ1) is 9.97. The SMILES string of the molecule is Cc1cc(C)c(C)c(O[C@@H](C)C(=O)NC2CCCCC2)c1. The van der Waals surface area contributed by atoms with Crippen molar-refractivity contribution >= 4 is 5.91 Å². The fourth-order valence-corrected chi connectivity index (χ4v) is 2.93. The normalized spacial score (nSPS) is 17.3. The average Bonchev–Trinajstić information content (AvgIpc) is 2.45. The number of carbonyl (C=O) groups is 1. The Kier molecular flexibility index (Phi) is 5.27. The maximum atomic E-state index is 12.3. The Bertz CT molecular complexity index is 504. The zero-order valence-electron chi connectivity index (χ0n) is 13.7. The molecule has 1 amide bonds. The summed E-state index contributed by atoms with van der Waals surface area (Å²) in [6.07, 6.45) is 5.47. The van der Waals surface area contributed by atoms with E-state index in [1.54, 1.807) is 0 Å². The molecule has 0 aliphatic heterocycles. The lowest BCUT2D eigenvalue weighted by atomic mass is 9.95. The van der Waals surface area contributed by atoms with Crippen LogP contribution in [0.25, 0.3) is 0 Å². The fourth-order valence-electron chi connectivity index (χ4n) is 2.93. The highest BCUT2D eigenvalue weighted by molar-refractivity contribution is 5.81. The van der Waals surface area contributed by atoms with E-state index in [0.29, 0.717) is 6.04 Å². The molecule has 1 aromatic rings. The standard InChI is InChI=1S/C18H27NO2/c1-12-10-13(2)14(3)17(11-12)21-15(4)18(20)19-16-8-6-5-7-9-16/h10-11,15-16H,5-9H2,1-4H3,(H,19,20)/t15-/m0/s1. The second-order valence-corrected chi connectivity index (χ2v) is 6.31. The summed E-state index contributed by atoms with van der Waals surface area (Å²) >= 11 is 0. The molecule has 116 valence electrons. The van der Waals surface area contributed by atoms with E-state index in [1.165, 1.54) is 24.8 Å². The van der Waals surface area contributed by atoms with Gasteiger partial charge in [-0.05, 0) is 63.3 Å². The van der Waals surface area contributed by atoms with Crippen LogP contribution in [0.15, 0.2) is 12.1 Å². The van der Waals surface area contributed by atoms with Crippen LogP contribution in [-0.2, 0) is 4.79 Å². The Morgan fingerprint density at radius 1 is 1.19 bits per heavy atom. The lowest BCUT2D eigenvalue weighted by Crippen LogP contribution is -2.43. The zero-order valence-corrected chi connectivity index (χ0v) is 13.7. The lowest BCUT2D eigenvalue weighted by Gasteiger charge is -2.25. The summed E-state index contributed by atoms with van der Waals surface area (Å²) in [5.74, 6) is 0.819. The van der Waals surface area contributed by atoms with Gasteiger partial charge < -0.3 is 10.1 Å². The summed E-state index contributed by atoms with van der Waals surface area (Å²) in [5.41, 5.74) is 3.47. The monoisotopic (exact) mass is 289 g/mol. The largest absolute Gasteiger partial charge is 0.481 e. The van der Waals surface area contributed by atoms with Crippen LogP contribution in [0.5, 0.6) is 5.75 Å². The first-order valence-electron chi connectivity index (χ1n) is 8.02. The number of amides is 1. The second-order valence-electron chi connectivity index (χ2n) is 6.31. The van der Waals surface area contributed by atoms with Gasteiger partial charge in [0.05, 0.1) is 0 Å². The van der Waals surface area contributed by atoms with Gasteiger partial charge in [-0.1, -0.05) is 25.3 Å². The molecule has 1 N–H and O–H groups in total. The molecule has 0 radical (unpaired) electrons. The van der Waals surface area contributed by atoms with Crippen molar-refractivity contribution in [1.29, 1.82) is 0 Å². The van der Waals surface area contributed by atoms with E-state index in [0.717, 1.165) is 29.7 Å². The van der Waals surface area contributed by atoms with Crippen molar-refractivity contribution in [3.05, 3.63) is 28.8 Å². The summed E-state index contributed by atoms with van der Waals surface area (Å²) in [6.45, 7) is 7.99. The van der Waals surface area contributed by atoms with Crippen LogP contribution in [0.2, 0.25) is 0 Å². The van der Waals surface area contributed by atoms with Gasteiger partial charge in [0.2, 0.25) is 0 Å². The van der Waals surface area contributed by atoms with Crippen molar-refractivity contribution in [3.8, 4) is 5.75 Å². The topological polar surface area (TPSA) is 38.3 Å². The number of hydrogen-bond acceptors (Lipinski definition) is 2. The molecule has 0 spiro atoms. The molecule has 1 saturated carbocycles. The molecular formula is C18H27NO2. The van der Waals surface area contributed by atoms with Crippen LogP contribution in [0.4, 0.5) is 0 Å². The van der Waals surface area contributed by atoms with Crippen LogP contribution in [0.3, 0.4) is 0 Å². The van der Waals surface area contributed by atoms with E-state index >= 15 is 0 Å². The van der Waals surface area contributed by atoms with Crippen LogP contribution >= 0.6 is 0 Å². The van der Waals surface area contributed by atoms with Gasteiger partial charge in [0.25, 0.3) is 5.91 Å². The smallest absolute Gasteiger partial charge is 0.260 e. The van der Waals surface area contributed by atoms with Gasteiger partial charge in [0.1, 0.15) is 5.75 Å². The molecule has 0 saturated heterocycles. The first-order valence-corrected chi connectivity index (χ1v) is 8.02. The van der Waals surface area contributed by atoms with Crippen molar-refractivity contribution in [3.63, 3.8) is 0 Å². The van der Waals surface area contributed by atoms with Crippen molar-refractivity contribution in [1.82, 2.24) is 5.32 Å². The molecule has 1 aliphatic rings. The zero-order chi connectivity index (χ0) is 15.4. The van der Waals surface area contributed by atoms with Gasteiger partial charge in [-0.15, -0.1) is 0 Å². The average molecular weight is 289 g/mol. The Hall–Kier alpha value is -1.51. The fraction of sp³-hybridized carbons (Fsp3) is 0.611. The van der Waals surface area contributed by atoms with Crippen LogP contribution in [-0.4, -0.2) is 18.1 Å². The van der Waals surface area contributed by atoms with Crippen LogP contribution in [0.1, 0.15) is 55.7 Å². The van der Waals surface area contributed by atoms with Crippen LogP contribution in [0, 0.1) is 20.8 Å². The highest BCUT2D eigenvalue weighted by atomic mass is 16.5. The van der Waals surface area contributed by atoms with Crippen LogP contribution < -0.4 is 10.1 Å². The van der Waals surface area contributed by atoms with E-state index in [4.69, 9.17) is 4.74 Å². The van der Waals surface area contributed by atoms with Gasteiger partial charge in [-0.3, -0.25) is 4.79 Å². The van der Waals surface area contributed by atoms with Gasteiger partial charge in [-0.25, -0.2) is 0 Å². The molecule has 1 aromatic carbocycles. The molecular weight excluding hydrogens is 262 g/mol. The molecule has 21 heavy (non-hydrogen) atoms. The number of benzene rings is 1. The maximum Gasteiger partial charge on any atom is 0.260 e. The van der Waals surface area contributed by atoms with Crippen molar-refractivity contribution in [2.24, 2.45) is 0 Å². The van der Waals surface area contributed by atoms with Crippen molar-refractivity contribution in [2.75, 3.05) is 0 Å². The molecule has 1 atom stereocenters. The number of ether oxygens (including phenoxy) is 1. The van der Waals surface area contributed by atoms with Gasteiger partial charge in [0.15, 0.2) is 6.10 Å². The quantitative estimate of drug-likeness (QED) is 0.915. The highest BCUT2D eigenvalue weighted by Crippen LogP contribution is 2.24. The Labute approximate surface area is 128 Å². The second kappa shape index (κ2) is 6.97. The summed E-state index contributed by atoms with van der Waals surface area (Å²) in [6, 6.07) is 4.47. The molecule has 1 aliphatic carbocycles. The number of hydrogen-bond donors (Lipinski definition) is 1. The van der Waals surface area contributed by atoms with E-state index in [2.05, 4.69) is 18.3 Å². The van der Waals surface area contributed by atoms with Gasteiger partial charge in [-0.2, -0.15) is 0 Å². The lowest BCUT2D eigenvalue weighted by molar-refractivity contribution is -0.128. The predicted molar refractivity (Wildman–Crippen MR) is 85.8 cm³/mol. The Morgan fingerprint density at radius 3 is 2.52 bits per heavy atom. The maximum absolute atomic E-state index is 12.3. The number of rotatable bonds is 4. The third-order valence-corrected chi connectivity index (χ3v) is 4.39. The molecule has 0 aromatic heterocycles. The minimum Gasteiger partial charge on any atom is -0.481 e. The predicted octanol–water partition coefficient (Wildman–Crippen LogP) is 3.83. The molecule has 3 nitrogen and oxygen atoms in total. The van der Waals surface area contributed by atoms with E-state index in [-0.39, 0.29) is 5.91 Å². The minimum absolute atomic E-state index is 0.000425. The highest BCUT2D eigenvalue weighted by Gasteiger charge is 2.21. The third kappa shape index (κ3) is 4.23. The summed E-state index contributed by atoms with van der Waals surface area (Å²) < 4.78 is 5.90. The van der Waals surface area contributed by atoms with Crippen molar-refractivity contribution < 1.29 is 9.53 Å². The minimum atomic E-state index is -0.452. The summed E-state index contributed by atoms with van der Waals surface area (Å²) in [4.78, 5) is 12.3. The first kappa shape index (κ1) is 15.9. The van der Waals surface area contributed by atoms with E-state index < -0.39 is 6.10 Å². The molecule has 1 fully saturated rings. The van der Waals surface area contributed by atoms with Gasteiger partial charge >= 0.3 is 0 Å². The number of carbonyl (C=O) groups excluding carboxylic acids is 1. The molecule has 0 unspecified atom stereocenters. The Morgan fingerprint density at radius 2 is 1.86 bits per heavy atom. The van der Waals surface area contributed by atoms with Gasteiger partial charge in [0, 0.05) is 6.04 Å². The van der Waals surface area contributed by atoms with Crippen molar-refractivity contribution in [2.45, 2.75) is 71.9 Å². The van der Waals surface area contributed by atoms with E-state index in [1.807, 2.05) is 26.8 Å².